The molecular weight excluding hydrogens is 243 g/mol. The second-order valence-electron chi connectivity index (χ2n) is 5.62. The van der Waals surface area contributed by atoms with Crippen LogP contribution < -0.4 is 5.59 Å². The van der Waals surface area contributed by atoms with Crippen LogP contribution in [0.4, 0.5) is 0 Å². The smallest absolute Gasteiger partial charge is 0.398 e. The summed E-state index contributed by atoms with van der Waals surface area (Å²) in [5, 5.41) is 18.2. The van der Waals surface area contributed by atoms with Gasteiger partial charge in [-0.05, 0) is 33.8 Å². The van der Waals surface area contributed by atoms with Gasteiger partial charge in [-0.2, -0.15) is 5.26 Å². The van der Waals surface area contributed by atoms with Crippen molar-refractivity contribution >= 4 is 12.7 Å². The average molecular weight is 260 g/mol. The molecule has 1 aliphatic heterocycles. The molecule has 1 aromatic rings. The number of hydrogen-bond acceptors (Lipinski definition) is 5. The van der Waals surface area contributed by atoms with Crippen molar-refractivity contribution in [3.63, 3.8) is 0 Å². The maximum atomic E-state index is 9.12. The monoisotopic (exact) mass is 260 g/mol. The van der Waals surface area contributed by atoms with Gasteiger partial charge in [0.2, 0.25) is 0 Å². The zero-order valence-corrected chi connectivity index (χ0v) is 11.6. The summed E-state index contributed by atoms with van der Waals surface area (Å²) >= 11 is 0. The zero-order valence-electron chi connectivity index (χ0n) is 11.6. The van der Waals surface area contributed by atoms with Gasteiger partial charge in [-0.15, -0.1) is 0 Å². The fourth-order valence-electron chi connectivity index (χ4n) is 1.82. The lowest BCUT2D eigenvalue weighted by Crippen LogP contribution is -2.41. The van der Waals surface area contributed by atoms with Crippen LogP contribution in [0.1, 0.15) is 38.8 Å². The summed E-state index contributed by atoms with van der Waals surface area (Å²) in [7, 11) is -0.593. The lowest BCUT2D eigenvalue weighted by atomic mass is 9.83. The number of nitrogens with zero attached hydrogens (tertiary/aromatic N) is 2. The van der Waals surface area contributed by atoms with Crippen LogP contribution in [0.25, 0.3) is 0 Å². The fraction of sp³-hybridized carbons (Fsp3) is 0.538. The molecule has 0 bridgehead atoms. The molecule has 0 aliphatic carbocycles. The molecule has 0 radical (unpaired) electrons. The van der Waals surface area contributed by atoms with Crippen LogP contribution >= 0.6 is 0 Å². The summed E-state index contributed by atoms with van der Waals surface area (Å²) in [6.07, 6.45) is 1.49. The molecule has 1 saturated heterocycles. The van der Waals surface area contributed by atoms with Crippen LogP contribution in [0.2, 0.25) is 0 Å². The van der Waals surface area contributed by atoms with Crippen LogP contribution in [-0.2, 0) is 15.9 Å². The van der Waals surface area contributed by atoms with Gasteiger partial charge in [0.05, 0.1) is 35.0 Å². The third kappa shape index (κ3) is 2.37. The Hall–Kier alpha value is -1.42. The molecule has 1 fully saturated rings. The molecule has 0 saturated carbocycles. The molecule has 2 heterocycles. The van der Waals surface area contributed by atoms with Crippen LogP contribution in [0, 0.1) is 11.3 Å². The maximum Gasteiger partial charge on any atom is 0.514 e. The highest BCUT2D eigenvalue weighted by Crippen LogP contribution is 2.36. The van der Waals surface area contributed by atoms with E-state index in [1.54, 1.807) is 6.07 Å². The second kappa shape index (κ2) is 4.60. The minimum Gasteiger partial charge on any atom is -0.398 e. The summed E-state index contributed by atoms with van der Waals surface area (Å²) < 4.78 is 11.7. The molecule has 6 heteroatoms. The summed E-state index contributed by atoms with van der Waals surface area (Å²) in [5.74, 6) is 0. The Morgan fingerprint density at radius 3 is 2.37 bits per heavy atom. The molecule has 0 unspecified atom stereocenters. The van der Waals surface area contributed by atoms with E-state index in [0.29, 0.717) is 16.7 Å². The molecular formula is C13H17BN2O3. The highest BCUT2D eigenvalue weighted by Gasteiger charge is 2.52. The van der Waals surface area contributed by atoms with Gasteiger partial charge >= 0.3 is 7.12 Å². The van der Waals surface area contributed by atoms with Crippen molar-refractivity contribution in [3.05, 3.63) is 23.4 Å². The second-order valence-corrected chi connectivity index (χ2v) is 5.62. The van der Waals surface area contributed by atoms with E-state index >= 15 is 0 Å². The highest BCUT2D eigenvalue weighted by molar-refractivity contribution is 6.61. The van der Waals surface area contributed by atoms with Gasteiger partial charge in [0.25, 0.3) is 0 Å². The standard InChI is InChI=1S/C13H17BN2O3/c1-12(2)13(3,4)19-14(18-12)11-5-9(6-15)10(8-17)7-16-11/h5,7,17H,8H2,1-4H3. The number of rotatable bonds is 2. The Balaban J connectivity index is 2.33. The Bertz CT molecular complexity index is 521. The fourth-order valence-corrected chi connectivity index (χ4v) is 1.82. The van der Waals surface area contributed by atoms with E-state index in [0.717, 1.165) is 0 Å². The molecule has 1 aromatic heterocycles. The Labute approximate surface area is 113 Å². The van der Waals surface area contributed by atoms with Crippen molar-refractivity contribution in [1.29, 1.82) is 5.26 Å². The number of aliphatic hydroxyl groups excluding tert-OH is 1. The van der Waals surface area contributed by atoms with Crippen molar-refractivity contribution in [2.24, 2.45) is 0 Å². The van der Waals surface area contributed by atoms with E-state index in [1.165, 1.54) is 6.20 Å². The van der Waals surface area contributed by atoms with Crippen LogP contribution in [0.5, 0.6) is 0 Å². The highest BCUT2D eigenvalue weighted by atomic mass is 16.7. The molecule has 5 nitrogen and oxygen atoms in total. The van der Waals surface area contributed by atoms with E-state index in [-0.39, 0.29) is 6.61 Å². The van der Waals surface area contributed by atoms with Crippen LogP contribution in [-0.4, -0.2) is 28.4 Å². The normalized spacial score (nSPS) is 20.3. The summed E-state index contributed by atoms with van der Waals surface area (Å²) in [4.78, 5) is 4.21. The largest absolute Gasteiger partial charge is 0.514 e. The third-order valence-corrected chi connectivity index (χ3v) is 3.79. The molecule has 0 aromatic carbocycles. The summed E-state index contributed by atoms with van der Waals surface area (Å²) in [5.41, 5.74) is 0.557. The predicted octanol–water partition coefficient (Wildman–Crippen LogP) is 0.745. The third-order valence-electron chi connectivity index (χ3n) is 3.79. The average Bonchev–Trinajstić information content (AvgIpc) is 2.57. The molecule has 0 spiro atoms. The molecule has 0 amide bonds. The van der Waals surface area contributed by atoms with Crippen LogP contribution in [0.15, 0.2) is 12.3 Å². The van der Waals surface area contributed by atoms with Gasteiger partial charge in [-0.3, -0.25) is 4.98 Å². The van der Waals surface area contributed by atoms with Crippen molar-refractivity contribution in [2.75, 3.05) is 0 Å². The Kier molecular flexibility index (Phi) is 3.39. The van der Waals surface area contributed by atoms with Gasteiger partial charge in [0.1, 0.15) is 0 Å². The number of pyridine rings is 1. The number of nitriles is 1. The minimum atomic E-state index is -0.593. The van der Waals surface area contributed by atoms with Crippen LogP contribution in [0.3, 0.4) is 0 Å². The first-order chi connectivity index (χ1) is 8.80. The molecule has 1 N–H and O–H groups in total. The first-order valence-electron chi connectivity index (χ1n) is 6.16. The van der Waals surface area contributed by atoms with Crippen molar-refractivity contribution in [1.82, 2.24) is 4.98 Å². The van der Waals surface area contributed by atoms with Gasteiger partial charge in [0, 0.05) is 11.8 Å². The first kappa shape index (κ1) is 14.0. The van der Waals surface area contributed by atoms with Gasteiger partial charge in [-0.25, -0.2) is 0 Å². The lowest BCUT2D eigenvalue weighted by Gasteiger charge is -2.32. The van der Waals surface area contributed by atoms with Crippen molar-refractivity contribution in [2.45, 2.75) is 45.5 Å². The van der Waals surface area contributed by atoms with Gasteiger partial charge < -0.3 is 14.4 Å². The number of aromatic nitrogens is 1. The molecule has 19 heavy (non-hydrogen) atoms. The molecule has 2 rings (SSSR count). The zero-order chi connectivity index (χ0) is 14.3. The summed E-state index contributed by atoms with van der Waals surface area (Å²) in [6, 6.07) is 3.65. The van der Waals surface area contributed by atoms with Crippen molar-refractivity contribution < 1.29 is 14.4 Å². The van der Waals surface area contributed by atoms with E-state index in [2.05, 4.69) is 4.98 Å². The predicted molar refractivity (Wildman–Crippen MR) is 70.6 cm³/mol. The van der Waals surface area contributed by atoms with Gasteiger partial charge in [0.15, 0.2) is 0 Å². The first-order valence-corrected chi connectivity index (χ1v) is 6.16. The number of aliphatic hydroxyl groups is 1. The van der Waals surface area contributed by atoms with E-state index < -0.39 is 18.3 Å². The quantitative estimate of drug-likeness (QED) is 0.794. The molecule has 0 atom stereocenters. The molecule has 1 aliphatic rings. The van der Waals surface area contributed by atoms with E-state index in [9.17, 15) is 0 Å². The topological polar surface area (TPSA) is 75.4 Å². The van der Waals surface area contributed by atoms with E-state index in [1.807, 2.05) is 33.8 Å². The van der Waals surface area contributed by atoms with E-state index in [4.69, 9.17) is 19.7 Å². The SMILES string of the molecule is CC1(C)OB(c2cc(C#N)c(CO)cn2)OC1(C)C. The molecule has 100 valence electrons. The number of hydrogen-bond donors (Lipinski definition) is 1. The summed E-state index contributed by atoms with van der Waals surface area (Å²) in [6.45, 7) is 7.63. The van der Waals surface area contributed by atoms with Gasteiger partial charge in [-0.1, -0.05) is 0 Å². The minimum absolute atomic E-state index is 0.209. The maximum absolute atomic E-state index is 9.12. The Morgan fingerprint density at radius 2 is 1.89 bits per heavy atom. The lowest BCUT2D eigenvalue weighted by molar-refractivity contribution is 0.00578. The van der Waals surface area contributed by atoms with Crippen molar-refractivity contribution in [3.8, 4) is 6.07 Å². The Morgan fingerprint density at radius 1 is 1.32 bits per heavy atom.